The van der Waals surface area contributed by atoms with E-state index in [-0.39, 0.29) is 35.4 Å². The van der Waals surface area contributed by atoms with Gasteiger partial charge in [-0.3, -0.25) is 9.35 Å². The third-order valence-electron chi connectivity index (χ3n) is 10.7. The molecule has 0 spiro atoms. The van der Waals surface area contributed by atoms with Crippen molar-refractivity contribution < 1.29 is 22.9 Å². The highest BCUT2D eigenvalue weighted by Gasteiger charge is 2.62. The third-order valence-corrected chi connectivity index (χ3v) is 12.2. The molecule has 0 aromatic rings. The van der Waals surface area contributed by atoms with Crippen LogP contribution in [-0.2, 0) is 14.9 Å². The van der Waals surface area contributed by atoms with Gasteiger partial charge in [0, 0.05) is 12.3 Å². The van der Waals surface area contributed by atoms with Gasteiger partial charge in [-0.25, -0.2) is 0 Å². The molecule has 0 bridgehead atoms. The van der Waals surface area contributed by atoms with Crippen molar-refractivity contribution in [3.8, 4) is 12.3 Å². The number of aliphatic hydroxyl groups is 1. The molecule has 3 unspecified atom stereocenters. The van der Waals surface area contributed by atoms with E-state index in [1.807, 2.05) is 0 Å². The van der Waals surface area contributed by atoms with Crippen LogP contribution in [0.5, 0.6) is 0 Å². The molecule has 0 aliphatic heterocycles. The summed E-state index contributed by atoms with van der Waals surface area (Å²) < 4.78 is 33.2. The van der Waals surface area contributed by atoms with E-state index < -0.39 is 21.0 Å². The van der Waals surface area contributed by atoms with Crippen molar-refractivity contribution in [1.82, 2.24) is 0 Å². The second-order valence-electron chi connectivity index (χ2n) is 12.0. The summed E-state index contributed by atoms with van der Waals surface area (Å²) in [6.07, 6.45) is 14.2. The van der Waals surface area contributed by atoms with Crippen molar-refractivity contribution in [2.45, 2.75) is 95.3 Å². The Morgan fingerprint density at radius 3 is 2.42 bits per heavy atom. The van der Waals surface area contributed by atoms with Crippen molar-refractivity contribution in [1.29, 1.82) is 0 Å². The molecule has 0 aromatic heterocycles. The molecular weight excluding hydrogens is 456 g/mol. The minimum absolute atomic E-state index is 0.000457. The third kappa shape index (κ3) is 4.32. The average molecular weight is 497 g/mol. The van der Waals surface area contributed by atoms with E-state index in [4.69, 9.17) is 6.42 Å². The van der Waals surface area contributed by atoms with Crippen LogP contribution in [0.3, 0.4) is 0 Å². The van der Waals surface area contributed by atoms with Crippen LogP contribution >= 0.6 is 12.6 Å². The first-order valence-corrected chi connectivity index (χ1v) is 14.8. The Morgan fingerprint density at radius 1 is 1.09 bits per heavy atom. The van der Waals surface area contributed by atoms with E-state index in [2.05, 4.69) is 32.4 Å². The lowest BCUT2D eigenvalue weighted by molar-refractivity contribution is -0.145. The Bertz CT molecular complexity index is 925. The zero-order chi connectivity index (χ0) is 24.2. The van der Waals surface area contributed by atoms with E-state index in [1.165, 1.54) is 0 Å². The topological polar surface area (TPSA) is 91.7 Å². The molecule has 0 radical (unpaired) electrons. The van der Waals surface area contributed by atoms with Crippen LogP contribution in [0.4, 0.5) is 0 Å². The molecule has 9 atom stereocenters. The van der Waals surface area contributed by atoms with E-state index in [0.29, 0.717) is 42.3 Å². The van der Waals surface area contributed by atoms with Crippen LogP contribution in [0.2, 0.25) is 0 Å². The molecule has 4 rings (SSSR count). The lowest BCUT2D eigenvalue weighted by Crippen LogP contribution is -2.56. The van der Waals surface area contributed by atoms with Gasteiger partial charge >= 0.3 is 0 Å². The van der Waals surface area contributed by atoms with Gasteiger partial charge in [-0.05, 0) is 104 Å². The highest BCUT2D eigenvalue weighted by molar-refractivity contribution is 7.86. The minimum atomic E-state index is -4.26. The lowest BCUT2D eigenvalue weighted by Gasteiger charge is -2.61. The molecule has 0 amide bonds. The SMILES string of the molecule is C#CC1(O)CC[C@@]2(C)C(CC[C@H]3[C@@H]4CC[C@H](C(=O)CC(CCS)S(=O)(=O)O)[C@@]4(C)CC[C@@H]32)C1. The maximum atomic E-state index is 13.3. The van der Waals surface area contributed by atoms with Crippen LogP contribution < -0.4 is 0 Å². The monoisotopic (exact) mass is 496 g/mol. The summed E-state index contributed by atoms with van der Waals surface area (Å²) >= 11 is 4.12. The molecule has 5 nitrogen and oxygen atoms in total. The number of Topliss-reactive ketones (excluding diaryl/α,β-unsaturated/α-hetero) is 1. The fraction of sp³-hybridized carbons (Fsp3) is 0.885. The van der Waals surface area contributed by atoms with Crippen molar-refractivity contribution >= 4 is 28.5 Å². The summed E-state index contributed by atoms with van der Waals surface area (Å²) in [6.45, 7) is 4.68. The summed E-state index contributed by atoms with van der Waals surface area (Å²) in [4.78, 5) is 13.3. The molecule has 0 saturated heterocycles. The second-order valence-corrected chi connectivity index (χ2v) is 14.2. The number of ketones is 1. The van der Waals surface area contributed by atoms with Gasteiger partial charge in [-0.2, -0.15) is 21.0 Å². The van der Waals surface area contributed by atoms with Crippen LogP contribution in [-0.4, -0.2) is 40.5 Å². The number of hydrogen-bond donors (Lipinski definition) is 3. The Kier molecular flexibility index (Phi) is 6.84. The average Bonchev–Trinajstić information content (AvgIpc) is 3.10. The molecule has 7 heteroatoms. The maximum absolute atomic E-state index is 13.3. The van der Waals surface area contributed by atoms with Gasteiger partial charge in [0.25, 0.3) is 10.1 Å². The zero-order valence-electron chi connectivity index (χ0n) is 20.0. The zero-order valence-corrected chi connectivity index (χ0v) is 21.7. The van der Waals surface area contributed by atoms with Crippen LogP contribution in [0.25, 0.3) is 0 Å². The van der Waals surface area contributed by atoms with Crippen LogP contribution in [0, 0.1) is 52.8 Å². The normalized spacial score (nSPS) is 45.9. The molecular formula is C26H40O5S2. The first-order valence-electron chi connectivity index (χ1n) is 12.7. The fourth-order valence-corrected chi connectivity index (χ4v) is 10.0. The Labute approximate surface area is 205 Å². The maximum Gasteiger partial charge on any atom is 0.268 e. The molecule has 0 heterocycles. The quantitative estimate of drug-likeness (QED) is 0.285. The van der Waals surface area contributed by atoms with Gasteiger partial charge in [-0.15, -0.1) is 6.42 Å². The summed E-state index contributed by atoms with van der Waals surface area (Å²) in [7, 11) is -4.26. The highest BCUT2D eigenvalue weighted by Crippen LogP contribution is 2.68. The number of carbonyl (C=O) groups is 1. The van der Waals surface area contributed by atoms with E-state index in [1.54, 1.807) is 0 Å². The van der Waals surface area contributed by atoms with Crippen molar-refractivity contribution in [2.24, 2.45) is 40.4 Å². The number of rotatable bonds is 6. The summed E-state index contributed by atoms with van der Waals surface area (Å²) in [5, 5.41) is 9.70. The number of thiol groups is 1. The molecule has 4 saturated carbocycles. The van der Waals surface area contributed by atoms with Crippen molar-refractivity contribution in [3.05, 3.63) is 0 Å². The number of fused-ring (bicyclic) bond motifs is 5. The number of terminal acetylenes is 1. The largest absolute Gasteiger partial charge is 0.378 e. The van der Waals surface area contributed by atoms with Crippen molar-refractivity contribution in [3.63, 3.8) is 0 Å². The van der Waals surface area contributed by atoms with Crippen LogP contribution in [0.15, 0.2) is 0 Å². The highest BCUT2D eigenvalue weighted by atomic mass is 32.2. The van der Waals surface area contributed by atoms with E-state index in [9.17, 15) is 22.9 Å². The van der Waals surface area contributed by atoms with Gasteiger partial charge in [0.05, 0.1) is 5.25 Å². The smallest absolute Gasteiger partial charge is 0.268 e. The molecule has 33 heavy (non-hydrogen) atoms. The van der Waals surface area contributed by atoms with E-state index in [0.717, 1.165) is 44.9 Å². The van der Waals surface area contributed by atoms with E-state index >= 15 is 0 Å². The number of carbonyl (C=O) groups excluding carboxylic acids is 1. The summed E-state index contributed by atoms with van der Waals surface area (Å²) in [5.41, 5.74) is -0.861. The van der Waals surface area contributed by atoms with Gasteiger partial charge in [0.2, 0.25) is 0 Å². The molecule has 4 aliphatic carbocycles. The van der Waals surface area contributed by atoms with Gasteiger partial charge < -0.3 is 5.11 Å². The Balaban J connectivity index is 1.51. The Morgan fingerprint density at radius 2 is 1.79 bits per heavy atom. The molecule has 186 valence electrons. The van der Waals surface area contributed by atoms with Crippen LogP contribution in [0.1, 0.15) is 84.5 Å². The lowest BCUT2D eigenvalue weighted by atomic mass is 9.44. The molecule has 2 N–H and O–H groups in total. The predicted molar refractivity (Wildman–Crippen MR) is 132 cm³/mol. The van der Waals surface area contributed by atoms with Gasteiger partial charge in [-0.1, -0.05) is 19.8 Å². The van der Waals surface area contributed by atoms with Gasteiger partial charge in [0.15, 0.2) is 0 Å². The first-order chi connectivity index (χ1) is 15.4. The van der Waals surface area contributed by atoms with Gasteiger partial charge in [0.1, 0.15) is 11.4 Å². The standard InChI is InChI=1S/C26H40O5S2/c1-4-26(28)13-12-24(2)17(16-26)5-6-19-20-7-8-22(25(20,3)11-9-21(19)24)23(27)15-18(10-14-32)33(29,30)31/h1,17-22,28,32H,5-16H2,2-3H3,(H,29,30,31)/t17?,18?,19-,20-,21-,22+,24-,25-,26?/m0/s1. The van der Waals surface area contributed by atoms with Crippen molar-refractivity contribution in [2.75, 3.05) is 5.75 Å². The Hall–Kier alpha value is -0.550. The molecule has 4 aliphatic rings. The number of hydrogen-bond acceptors (Lipinski definition) is 5. The molecule has 0 aromatic carbocycles. The molecule has 4 fully saturated rings. The second kappa shape index (κ2) is 8.84. The minimum Gasteiger partial charge on any atom is -0.378 e. The summed E-state index contributed by atoms with van der Waals surface area (Å²) in [5.74, 6) is 4.95. The summed E-state index contributed by atoms with van der Waals surface area (Å²) in [6, 6.07) is 0. The fourth-order valence-electron chi connectivity index (χ4n) is 8.77. The first kappa shape index (κ1) is 25.5. The predicted octanol–water partition coefficient (Wildman–Crippen LogP) is 4.55.